The lowest BCUT2D eigenvalue weighted by Gasteiger charge is -2.08. The second kappa shape index (κ2) is 3.70. The lowest BCUT2D eigenvalue weighted by Crippen LogP contribution is -2.23. The van der Waals surface area contributed by atoms with E-state index >= 15 is 0 Å². The Kier molecular flexibility index (Phi) is 2.52. The van der Waals surface area contributed by atoms with Gasteiger partial charge in [-0.1, -0.05) is 0 Å². The number of carbonyl (C=O) groups is 1. The second-order valence-electron chi connectivity index (χ2n) is 4.10. The van der Waals surface area contributed by atoms with Crippen LogP contribution in [0.4, 0.5) is 0 Å². The number of aromatic amines is 1. The number of H-pyrrole nitrogens is 1. The van der Waals surface area contributed by atoms with Gasteiger partial charge in [0, 0.05) is 11.4 Å². The Morgan fingerprint density at radius 1 is 1.67 bits per heavy atom. The third kappa shape index (κ3) is 1.90. The average molecular weight is 208 g/mol. The summed E-state index contributed by atoms with van der Waals surface area (Å²) in [5.41, 5.74) is 8.79. The van der Waals surface area contributed by atoms with Gasteiger partial charge in [0.1, 0.15) is 6.04 Å². The maximum atomic E-state index is 11.3. The molecule has 1 atom stereocenters. The molecular weight excluding hydrogens is 192 g/mol. The predicted molar refractivity (Wildman–Crippen MR) is 56.4 cm³/mol. The predicted octanol–water partition coefficient (Wildman–Crippen LogP) is 1.37. The Labute approximate surface area is 88.8 Å². The van der Waals surface area contributed by atoms with Crippen molar-refractivity contribution in [3.8, 4) is 0 Å². The topological polar surface area (TPSA) is 68.1 Å². The Balaban J connectivity index is 2.22. The molecule has 0 aliphatic heterocycles. The van der Waals surface area contributed by atoms with E-state index in [0.29, 0.717) is 5.92 Å². The summed E-state index contributed by atoms with van der Waals surface area (Å²) in [5.74, 6) is 0.240. The maximum absolute atomic E-state index is 11.3. The van der Waals surface area contributed by atoms with Crippen molar-refractivity contribution in [2.75, 3.05) is 7.11 Å². The first-order valence-electron chi connectivity index (χ1n) is 5.16. The number of carbonyl (C=O) groups excluding carboxylic acids is 1. The van der Waals surface area contributed by atoms with Gasteiger partial charge < -0.3 is 15.5 Å². The summed E-state index contributed by atoms with van der Waals surface area (Å²) in [6, 6.07) is 1.39. The van der Waals surface area contributed by atoms with E-state index < -0.39 is 12.0 Å². The van der Waals surface area contributed by atoms with Crippen LogP contribution in [0.1, 0.15) is 41.8 Å². The van der Waals surface area contributed by atoms with Crippen molar-refractivity contribution >= 4 is 5.97 Å². The molecular formula is C11H16N2O2. The molecule has 1 aliphatic carbocycles. The number of aryl methyl sites for hydroxylation is 1. The third-order valence-corrected chi connectivity index (χ3v) is 2.86. The second-order valence-corrected chi connectivity index (χ2v) is 4.10. The zero-order chi connectivity index (χ0) is 11.0. The first-order chi connectivity index (χ1) is 7.13. The summed E-state index contributed by atoms with van der Waals surface area (Å²) in [6.45, 7) is 1.96. The number of esters is 1. The molecule has 0 radical (unpaired) electrons. The number of hydrogen-bond donors (Lipinski definition) is 2. The third-order valence-electron chi connectivity index (χ3n) is 2.86. The van der Waals surface area contributed by atoms with Gasteiger partial charge in [-0.2, -0.15) is 0 Å². The van der Waals surface area contributed by atoms with Gasteiger partial charge >= 0.3 is 5.97 Å². The van der Waals surface area contributed by atoms with Crippen LogP contribution in [0.3, 0.4) is 0 Å². The van der Waals surface area contributed by atoms with Gasteiger partial charge in [-0.25, -0.2) is 4.79 Å². The molecule has 15 heavy (non-hydrogen) atoms. The molecule has 1 fully saturated rings. The zero-order valence-electron chi connectivity index (χ0n) is 9.04. The number of rotatable bonds is 3. The van der Waals surface area contributed by atoms with Crippen LogP contribution in [0, 0.1) is 6.92 Å². The fourth-order valence-corrected chi connectivity index (χ4v) is 1.78. The van der Waals surface area contributed by atoms with Gasteiger partial charge in [0.05, 0.1) is 7.11 Å². The molecule has 1 aromatic heterocycles. The van der Waals surface area contributed by atoms with Gasteiger partial charge in [0.15, 0.2) is 0 Å². The van der Waals surface area contributed by atoms with Crippen LogP contribution < -0.4 is 5.73 Å². The van der Waals surface area contributed by atoms with E-state index in [1.165, 1.54) is 25.6 Å². The van der Waals surface area contributed by atoms with Crippen molar-refractivity contribution in [2.45, 2.75) is 31.7 Å². The lowest BCUT2D eigenvalue weighted by atomic mass is 10.1. The molecule has 1 aliphatic rings. The molecule has 0 aromatic carbocycles. The molecule has 1 heterocycles. The Hall–Kier alpha value is -1.29. The summed E-state index contributed by atoms with van der Waals surface area (Å²) in [6.07, 6.45) is 2.46. The average Bonchev–Trinajstić information content (AvgIpc) is 3.00. The highest BCUT2D eigenvalue weighted by atomic mass is 16.5. The molecule has 82 valence electrons. The Bertz CT molecular complexity index is 380. The SMILES string of the molecule is COC(=O)C(N)c1[nH]c(C2CC2)cc1C. The first kappa shape index (κ1) is 10.2. The molecule has 0 bridgehead atoms. The van der Waals surface area contributed by atoms with Crippen LogP contribution in [0.5, 0.6) is 0 Å². The van der Waals surface area contributed by atoms with E-state index in [1.54, 1.807) is 0 Å². The van der Waals surface area contributed by atoms with E-state index in [4.69, 9.17) is 5.73 Å². The highest BCUT2D eigenvalue weighted by Crippen LogP contribution is 2.40. The molecule has 4 nitrogen and oxygen atoms in total. The van der Waals surface area contributed by atoms with E-state index in [9.17, 15) is 4.79 Å². The smallest absolute Gasteiger partial charge is 0.328 e. The number of methoxy groups -OCH3 is 1. The van der Waals surface area contributed by atoms with E-state index in [1.807, 2.05) is 6.92 Å². The van der Waals surface area contributed by atoms with Crippen molar-refractivity contribution in [1.82, 2.24) is 4.98 Å². The van der Waals surface area contributed by atoms with Gasteiger partial charge in [0.2, 0.25) is 0 Å². The monoisotopic (exact) mass is 208 g/mol. The van der Waals surface area contributed by atoms with Crippen LogP contribution >= 0.6 is 0 Å². The van der Waals surface area contributed by atoms with Crippen molar-refractivity contribution in [1.29, 1.82) is 0 Å². The van der Waals surface area contributed by atoms with Crippen molar-refractivity contribution < 1.29 is 9.53 Å². The molecule has 1 unspecified atom stereocenters. The molecule has 1 aromatic rings. The summed E-state index contributed by atoms with van der Waals surface area (Å²) in [7, 11) is 1.35. The number of nitrogens with two attached hydrogens (primary N) is 1. The number of nitrogens with one attached hydrogen (secondary N) is 1. The van der Waals surface area contributed by atoms with E-state index in [0.717, 1.165) is 11.3 Å². The quantitative estimate of drug-likeness (QED) is 0.737. The van der Waals surface area contributed by atoms with Crippen LogP contribution in [0.15, 0.2) is 6.07 Å². The molecule has 0 amide bonds. The minimum atomic E-state index is -0.692. The number of ether oxygens (including phenoxy) is 1. The van der Waals surface area contributed by atoms with Gasteiger partial charge in [-0.3, -0.25) is 0 Å². The number of hydrogen-bond acceptors (Lipinski definition) is 3. The Morgan fingerprint density at radius 3 is 2.87 bits per heavy atom. The van der Waals surface area contributed by atoms with Crippen LogP contribution in [0.2, 0.25) is 0 Å². The highest BCUT2D eigenvalue weighted by Gasteiger charge is 2.28. The fourth-order valence-electron chi connectivity index (χ4n) is 1.78. The molecule has 0 spiro atoms. The standard InChI is InChI=1S/C11H16N2O2/c1-6-5-8(7-3-4-7)13-10(6)9(12)11(14)15-2/h5,7,9,13H,3-4,12H2,1-2H3. The summed E-state index contributed by atoms with van der Waals surface area (Å²) >= 11 is 0. The summed E-state index contributed by atoms with van der Waals surface area (Å²) < 4.78 is 4.62. The molecule has 3 N–H and O–H groups in total. The van der Waals surface area contributed by atoms with Crippen molar-refractivity contribution in [3.63, 3.8) is 0 Å². The van der Waals surface area contributed by atoms with Gasteiger partial charge in [0.25, 0.3) is 0 Å². The van der Waals surface area contributed by atoms with Crippen molar-refractivity contribution in [2.24, 2.45) is 5.73 Å². The van der Waals surface area contributed by atoms with E-state index in [2.05, 4.69) is 15.8 Å². The fraction of sp³-hybridized carbons (Fsp3) is 0.545. The lowest BCUT2D eigenvalue weighted by molar-refractivity contribution is -0.142. The minimum Gasteiger partial charge on any atom is -0.468 e. The molecule has 0 saturated heterocycles. The van der Waals surface area contributed by atoms with Gasteiger partial charge in [-0.15, -0.1) is 0 Å². The molecule has 4 heteroatoms. The minimum absolute atomic E-state index is 0.401. The summed E-state index contributed by atoms with van der Waals surface area (Å²) in [5, 5.41) is 0. The van der Waals surface area contributed by atoms with Crippen LogP contribution in [-0.4, -0.2) is 18.1 Å². The zero-order valence-corrected chi connectivity index (χ0v) is 9.04. The normalized spacial score (nSPS) is 17.5. The van der Waals surface area contributed by atoms with Crippen molar-refractivity contribution in [3.05, 3.63) is 23.0 Å². The van der Waals surface area contributed by atoms with E-state index in [-0.39, 0.29) is 0 Å². The molecule has 2 rings (SSSR count). The molecule has 1 saturated carbocycles. The first-order valence-corrected chi connectivity index (χ1v) is 5.16. The number of aromatic nitrogens is 1. The highest BCUT2D eigenvalue weighted by molar-refractivity contribution is 5.77. The van der Waals surface area contributed by atoms with Gasteiger partial charge in [-0.05, 0) is 37.3 Å². The Morgan fingerprint density at radius 2 is 2.33 bits per heavy atom. The largest absolute Gasteiger partial charge is 0.468 e. The maximum Gasteiger partial charge on any atom is 0.328 e. The summed E-state index contributed by atoms with van der Waals surface area (Å²) in [4.78, 5) is 14.5. The van der Waals surface area contributed by atoms with Crippen LogP contribution in [0.25, 0.3) is 0 Å². The van der Waals surface area contributed by atoms with Crippen LogP contribution in [-0.2, 0) is 9.53 Å².